The second kappa shape index (κ2) is 6.53. The average Bonchev–Trinajstić information content (AvgIpc) is 3.10. The van der Waals surface area contributed by atoms with Gasteiger partial charge in [0.1, 0.15) is 11.2 Å². The molecule has 0 bridgehead atoms. The Morgan fingerprint density at radius 2 is 1.36 bits per heavy atom. The van der Waals surface area contributed by atoms with Gasteiger partial charge in [0.05, 0.1) is 7.11 Å². The van der Waals surface area contributed by atoms with Crippen molar-refractivity contribution in [1.82, 2.24) is 4.90 Å². The third-order valence-electron chi connectivity index (χ3n) is 3.31. The maximum atomic E-state index is 12.5. The number of methoxy groups -OCH3 is 1. The largest absolute Gasteiger partial charge is 0.550 e. The number of hydrogen-bond acceptors (Lipinski definition) is 8. The van der Waals surface area contributed by atoms with Crippen LogP contribution in [0.15, 0.2) is 0 Å². The predicted octanol–water partition coefficient (Wildman–Crippen LogP) is 0.840. The summed E-state index contributed by atoms with van der Waals surface area (Å²) >= 11 is 0. The molecule has 0 radical (unpaired) electrons. The first-order chi connectivity index (χ1) is 11.2. The van der Waals surface area contributed by atoms with E-state index < -0.39 is 46.8 Å². The monoisotopic (exact) mass is 358 g/mol. The number of carboxylic acids is 1. The fourth-order valence-electron chi connectivity index (χ4n) is 2.29. The number of carboxylic acid groups (broad SMARTS) is 1. The number of esters is 1. The molecule has 1 rings (SSSR count). The molecule has 142 valence electrons. The normalized spacial score (nSPS) is 22.6. The molecule has 2 amide bonds. The van der Waals surface area contributed by atoms with E-state index in [1.165, 1.54) is 0 Å². The van der Waals surface area contributed by atoms with Crippen molar-refractivity contribution >= 4 is 24.1 Å². The van der Waals surface area contributed by atoms with Crippen LogP contribution in [0.3, 0.4) is 0 Å². The second-order valence-electron chi connectivity index (χ2n) is 7.79. The van der Waals surface area contributed by atoms with Crippen molar-refractivity contribution < 1.29 is 38.5 Å². The number of hydrogen-bond donors (Lipinski definition) is 0. The number of imide groups is 1. The summed E-state index contributed by atoms with van der Waals surface area (Å²) in [7, 11) is 1.02. The van der Waals surface area contributed by atoms with Gasteiger partial charge in [0.2, 0.25) is 0 Å². The molecule has 0 aromatic heterocycles. The van der Waals surface area contributed by atoms with Crippen molar-refractivity contribution in [2.45, 2.75) is 64.7 Å². The molecule has 1 saturated carbocycles. The van der Waals surface area contributed by atoms with Gasteiger partial charge in [-0.15, -0.1) is 0 Å². The summed E-state index contributed by atoms with van der Waals surface area (Å²) in [6.45, 7) is 9.37. The molecule has 9 heteroatoms. The van der Waals surface area contributed by atoms with Crippen LogP contribution < -0.4 is 5.11 Å². The van der Waals surface area contributed by atoms with Crippen molar-refractivity contribution in [1.29, 1.82) is 0 Å². The van der Waals surface area contributed by atoms with E-state index in [1.807, 2.05) is 0 Å². The zero-order valence-electron chi connectivity index (χ0n) is 15.5. The SMILES string of the molecule is COC(=O)[C@]1(N(C(=O)OC(C)(C)C)C(=O)OC(C)(C)C)C[C@@H]1C(=O)[O-]. The van der Waals surface area contributed by atoms with E-state index in [9.17, 15) is 24.3 Å². The van der Waals surface area contributed by atoms with Gasteiger partial charge in [0.15, 0.2) is 5.54 Å². The average molecular weight is 358 g/mol. The molecular formula is C16H24NO8-. The lowest BCUT2D eigenvalue weighted by Crippen LogP contribution is -2.56. The van der Waals surface area contributed by atoms with Gasteiger partial charge in [-0.2, -0.15) is 4.90 Å². The topological polar surface area (TPSA) is 122 Å². The predicted molar refractivity (Wildman–Crippen MR) is 82.2 cm³/mol. The minimum atomic E-state index is -2.04. The summed E-state index contributed by atoms with van der Waals surface area (Å²) in [5, 5.41) is 11.3. The van der Waals surface area contributed by atoms with Gasteiger partial charge in [-0.05, 0) is 48.0 Å². The number of carbonyl (C=O) groups excluding carboxylic acids is 4. The number of amides is 2. The molecule has 1 aliphatic carbocycles. The van der Waals surface area contributed by atoms with Crippen molar-refractivity contribution in [2.24, 2.45) is 5.92 Å². The minimum Gasteiger partial charge on any atom is -0.550 e. The Hall–Kier alpha value is -2.32. The van der Waals surface area contributed by atoms with Gasteiger partial charge in [0.25, 0.3) is 0 Å². The first-order valence-electron chi connectivity index (χ1n) is 7.71. The van der Waals surface area contributed by atoms with Gasteiger partial charge < -0.3 is 24.1 Å². The van der Waals surface area contributed by atoms with E-state index in [0.717, 1.165) is 7.11 Å². The quantitative estimate of drug-likeness (QED) is 0.537. The Morgan fingerprint density at radius 3 is 1.60 bits per heavy atom. The molecule has 0 aliphatic heterocycles. The summed E-state index contributed by atoms with van der Waals surface area (Å²) < 4.78 is 14.9. The third-order valence-corrected chi connectivity index (χ3v) is 3.31. The van der Waals surface area contributed by atoms with Crippen LogP contribution in [0.5, 0.6) is 0 Å². The zero-order valence-corrected chi connectivity index (χ0v) is 15.5. The molecule has 9 nitrogen and oxygen atoms in total. The van der Waals surface area contributed by atoms with E-state index >= 15 is 0 Å². The summed E-state index contributed by atoms with van der Waals surface area (Å²) in [4.78, 5) is 49.0. The molecule has 0 aromatic rings. The Bertz CT molecular complexity index is 558. The maximum Gasteiger partial charge on any atom is 0.420 e. The van der Waals surface area contributed by atoms with Crippen LogP contribution in [-0.4, -0.2) is 52.9 Å². The highest BCUT2D eigenvalue weighted by Crippen LogP contribution is 2.50. The Balaban J connectivity index is 3.34. The van der Waals surface area contributed by atoms with Gasteiger partial charge >= 0.3 is 18.2 Å². The molecule has 0 aromatic carbocycles. The zero-order chi connectivity index (χ0) is 19.8. The lowest BCUT2D eigenvalue weighted by atomic mass is 10.1. The van der Waals surface area contributed by atoms with Crippen LogP contribution in [0, 0.1) is 5.92 Å². The van der Waals surface area contributed by atoms with E-state index in [0.29, 0.717) is 4.90 Å². The maximum absolute atomic E-state index is 12.5. The fraction of sp³-hybridized carbons (Fsp3) is 0.750. The highest BCUT2D eigenvalue weighted by molar-refractivity contribution is 6.02. The van der Waals surface area contributed by atoms with Crippen LogP contribution >= 0.6 is 0 Å². The lowest BCUT2D eigenvalue weighted by Gasteiger charge is -2.33. The molecule has 0 spiro atoms. The Morgan fingerprint density at radius 1 is 0.960 bits per heavy atom. The summed E-state index contributed by atoms with van der Waals surface area (Å²) in [5.41, 5.74) is -4.01. The molecule has 0 N–H and O–H groups in total. The molecule has 0 unspecified atom stereocenters. The van der Waals surface area contributed by atoms with Crippen molar-refractivity contribution in [3.05, 3.63) is 0 Å². The molecule has 0 saturated heterocycles. The lowest BCUT2D eigenvalue weighted by molar-refractivity contribution is -0.308. The smallest absolute Gasteiger partial charge is 0.420 e. The van der Waals surface area contributed by atoms with Gasteiger partial charge in [-0.3, -0.25) is 0 Å². The second-order valence-corrected chi connectivity index (χ2v) is 7.79. The summed E-state index contributed by atoms with van der Waals surface area (Å²) in [5.74, 6) is -4.04. The van der Waals surface area contributed by atoms with Gasteiger partial charge in [-0.1, -0.05) is 0 Å². The number of nitrogens with zero attached hydrogens (tertiary/aromatic N) is 1. The summed E-state index contributed by atoms with van der Waals surface area (Å²) in [6, 6.07) is 0. The molecular weight excluding hydrogens is 334 g/mol. The Labute approximate surface area is 146 Å². The number of ether oxygens (including phenoxy) is 3. The van der Waals surface area contributed by atoms with E-state index in [1.54, 1.807) is 41.5 Å². The fourth-order valence-corrected chi connectivity index (χ4v) is 2.29. The summed E-state index contributed by atoms with van der Waals surface area (Å²) in [6.07, 6.45) is -2.73. The van der Waals surface area contributed by atoms with Crippen LogP contribution in [0.4, 0.5) is 9.59 Å². The van der Waals surface area contributed by atoms with E-state index in [2.05, 4.69) is 4.74 Å². The molecule has 1 fully saturated rings. The molecule has 2 atom stereocenters. The first-order valence-corrected chi connectivity index (χ1v) is 7.71. The molecule has 25 heavy (non-hydrogen) atoms. The standard InChI is InChI=1S/C16H25NO8/c1-14(2,3)24-12(21)17(13(22)25-15(4,5)6)16(11(20)23-7)8-9(16)10(18)19/h9H,8H2,1-7H3,(H,18,19)/p-1/t9-,16+/m1/s1. The van der Waals surface area contributed by atoms with Crippen LogP contribution in [0.2, 0.25) is 0 Å². The van der Waals surface area contributed by atoms with Crippen LogP contribution in [-0.2, 0) is 23.8 Å². The number of rotatable bonds is 3. The van der Waals surface area contributed by atoms with Crippen LogP contribution in [0.1, 0.15) is 48.0 Å². The van der Waals surface area contributed by atoms with E-state index in [-0.39, 0.29) is 6.42 Å². The van der Waals surface area contributed by atoms with Crippen molar-refractivity contribution in [3.8, 4) is 0 Å². The highest BCUT2D eigenvalue weighted by atomic mass is 16.6. The first kappa shape index (κ1) is 20.7. The molecule has 0 heterocycles. The number of aliphatic carboxylic acids is 1. The highest BCUT2D eigenvalue weighted by Gasteiger charge is 2.70. The van der Waals surface area contributed by atoms with Crippen molar-refractivity contribution in [3.63, 3.8) is 0 Å². The van der Waals surface area contributed by atoms with Crippen molar-refractivity contribution in [2.75, 3.05) is 7.11 Å². The van der Waals surface area contributed by atoms with Gasteiger partial charge in [0, 0.05) is 11.9 Å². The minimum absolute atomic E-state index is 0.333. The van der Waals surface area contributed by atoms with E-state index in [4.69, 9.17) is 9.47 Å². The molecule has 1 aliphatic rings. The van der Waals surface area contributed by atoms with Gasteiger partial charge in [-0.25, -0.2) is 14.4 Å². The Kier molecular flexibility index (Phi) is 5.41. The third kappa shape index (κ3) is 4.61. The number of carbonyl (C=O) groups is 4. The van der Waals surface area contributed by atoms with Crippen LogP contribution in [0.25, 0.3) is 0 Å².